The van der Waals surface area contributed by atoms with Gasteiger partial charge in [0.1, 0.15) is 28.4 Å². The number of Topliss-reactive ketones (excluding diaryl/α,β-unsaturated/α-hetero) is 2. The van der Waals surface area contributed by atoms with Gasteiger partial charge in [-0.05, 0) is 60.1 Å². The Kier molecular flexibility index (Phi) is 5.87. The SMILES string of the molecule is C=C(C)C(O)Cc1c2c(c(O)c3c1O[C@@]14C(=C[C@H]5C[C@H]1C(C)(C)O[C@]4(C/C=C(/C)C(=O)O)C5=O)C3=O)C=CC(C)(C)O2. The van der Waals surface area contributed by atoms with Crippen LogP contribution in [0.3, 0.4) is 0 Å². The molecule has 0 radical (unpaired) electrons. The summed E-state index contributed by atoms with van der Waals surface area (Å²) in [5.41, 5.74) is -3.59. The Morgan fingerprint density at radius 3 is 2.50 bits per heavy atom. The smallest absolute Gasteiger partial charge is 0.330 e. The molecule has 1 saturated heterocycles. The Hall–Kier alpha value is -3.69. The number of rotatable bonds is 6. The number of hydrogen-bond donors (Lipinski definition) is 3. The van der Waals surface area contributed by atoms with Gasteiger partial charge in [-0.25, -0.2) is 4.79 Å². The van der Waals surface area contributed by atoms with Crippen molar-refractivity contribution in [3.05, 3.63) is 58.2 Å². The number of ketones is 2. The van der Waals surface area contributed by atoms with Crippen LogP contribution in [0, 0.1) is 11.8 Å². The monoisotopic (exact) mass is 576 g/mol. The number of hydrogen-bond acceptors (Lipinski definition) is 8. The molecule has 3 N–H and O–H groups in total. The first kappa shape index (κ1) is 28.4. The quantitative estimate of drug-likeness (QED) is 0.330. The van der Waals surface area contributed by atoms with Gasteiger partial charge in [0.25, 0.3) is 0 Å². The summed E-state index contributed by atoms with van der Waals surface area (Å²) in [5, 5.41) is 32.1. The number of carbonyl (C=O) groups is 3. The van der Waals surface area contributed by atoms with Crippen molar-refractivity contribution in [2.75, 3.05) is 0 Å². The van der Waals surface area contributed by atoms with Gasteiger partial charge in [-0.1, -0.05) is 24.3 Å². The second-order valence-electron chi connectivity index (χ2n) is 13.3. The lowest BCUT2D eigenvalue weighted by molar-refractivity contribution is -0.171. The van der Waals surface area contributed by atoms with Crippen LogP contribution in [0.1, 0.15) is 75.9 Å². The number of fused-ring (bicyclic) bond motifs is 2. The predicted octanol–water partition coefficient (Wildman–Crippen LogP) is 4.48. The lowest BCUT2D eigenvalue weighted by Crippen LogP contribution is -2.72. The lowest BCUT2D eigenvalue weighted by Gasteiger charge is -2.56. The Morgan fingerprint density at radius 1 is 1.17 bits per heavy atom. The molecule has 7 rings (SSSR count). The maximum atomic E-state index is 14.5. The third kappa shape index (κ3) is 3.53. The molecular weight excluding hydrogens is 540 g/mol. The molecule has 9 heteroatoms. The number of ether oxygens (including phenoxy) is 3. The van der Waals surface area contributed by atoms with E-state index in [0.29, 0.717) is 23.1 Å². The van der Waals surface area contributed by atoms with Gasteiger partial charge in [0.2, 0.25) is 0 Å². The van der Waals surface area contributed by atoms with E-state index in [0.717, 1.165) is 0 Å². The highest BCUT2D eigenvalue weighted by atomic mass is 16.6. The fourth-order valence-corrected chi connectivity index (χ4v) is 7.51. The summed E-state index contributed by atoms with van der Waals surface area (Å²) >= 11 is 0. The second kappa shape index (κ2) is 8.67. The first-order valence-electron chi connectivity index (χ1n) is 14.2. The molecule has 4 bridgehead atoms. The van der Waals surface area contributed by atoms with Crippen molar-refractivity contribution in [3.63, 3.8) is 0 Å². The molecule has 3 aliphatic carbocycles. The number of carboxylic acids is 1. The summed E-state index contributed by atoms with van der Waals surface area (Å²) in [7, 11) is 0. The van der Waals surface area contributed by atoms with Gasteiger partial charge in [-0.3, -0.25) is 9.59 Å². The Morgan fingerprint density at radius 2 is 1.86 bits per heavy atom. The maximum absolute atomic E-state index is 14.5. The van der Waals surface area contributed by atoms with Crippen LogP contribution in [0.5, 0.6) is 17.2 Å². The zero-order valence-corrected chi connectivity index (χ0v) is 24.7. The van der Waals surface area contributed by atoms with Gasteiger partial charge in [0.05, 0.1) is 17.3 Å². The first-order valence-corrected chi connectivity index (χ1v) is 14.2. The molecule has 3 aliphatic heterocycles. The van der Waals surface area contributed by atoms with Gasteiger partial charge in [-0.15, -0.1) is 0 Å². The van der Waals surface area contributed by atoms with E-state index in [-0.39, 0.29) is 52.6 Å². The number of phenolic OH excluding ortho intramolecular Hbond substituents is 1. The van der Waals surface area contributed by atoms with Gasteiger partial charge >= 0.3 is 5.97 Å². The number of benzene rings is 1. The van der Waals surface area contributed by atoms with Crippen molar-refractivity contribution >= 4 is 23.6 Å². The summed E-state index contributed by atoms with van der Waals surface area (Å²) < 4.78 is 19.9. The van der Waals surface area contributed by atoms with Crippen LogP contribution in [0.25, 0.3) is 6.08 Å². The van der Waals surface area contributed by atoms with E-state index < -0.39 is 52.1 Å². The number of allylic oxidation sites excluding steroid dienone is 1. The highest BCUT2D eigenvalue weighted by molar-refractivity contribution is 6.19. The number of phenols is 1. The van der Waals surface area contributed by atoms with Crippen molar-refractivity contribution < 1.29 is 43.9 Å². The molecule has 6 aliphatic rings. The summed E-state index contributed by atoms with van der Waals surface area (Å²) in [4.78, 5) is 40.4. The minimum absolute atomic E-state index is 0.0247. The van der Waals surface area contributed by atoms with Gasteiger partial charge in [-0.2, -0.15) is 0 Å². The van der Waals surface area contributed by atoms with Crippen molar-refractivity contribution in [2.24, 2.45) is 11.8 Å². The zero-order chi connectivity index (χ0) is 30.7. The molecular formula is C33H36O9. The van der Waals surface area contributed by atoms with E-state index in [1.165, 1.54) is 13.0 Å². The Bertz CT molecular complexity index is 1590. The second-order valence-corrected chi connectivity index (χ2v) is 13.3. The summed E-state index contributed by atoms with van der Waals surface area (Å²) in [6.07, 6.45) is 5.78. The number of carbonyl (C=O) groups excluding carboxylic acids is 2. The fourth-order valence-electron chi connectivity index (χ4n) is 7.51. The van der Waals surface area contributed by atoms with E-state index >= 15 is 0 Å². The Labute approximate surface area is 244 Å². The van der Waals surface area contributed by atoms with E-state index in [9.17, 15) is 29.7 Å². The largest absolute Gasteiger partial charge is 0.506 e. The van der Waals surface area contributed by atoms with E-state index in [1.807, 2.05) is 27.7 Å². The molecule has 42 heavy (non-hydrogen) atoms. The average Bonchev–Trinajstić information content (AvgIpc) is 3.05. The predicted molar refractivity (Wildman–Crippen MR) is 153 cm³/mol. The number of aliphatic carboxylic acids is 1. The van der Waals surface area contributed by atoms with Crippen molar-refractivity contribution in [3.8, 4) is 17.2 Å². The van der Waals surface area contributed by atoms with E-state index in [1.54, 1.807) is 25.2 Å². The molecule has 0 amide bonds. The average molecular weight is 577 g/mol. The zero-order valence-electron chi connectivity index (χ0n) is 24.7. The topological polar surface area (TPSA) is 140 Å². The van der Waals surface area contributed by atoms with Gasteiger partial charge in [0.15, 0.2) is 22.8 Å². The molecule has 1 saturated carbocycles. The van der Waals surface area contributed by atoms with E-state index in [2.05, 4.69) is 6.58 Å². The van der Waals surface area contributed by atoms with Gasteiger partial charge in [0, 0.05) is 41.4 Å². The highest BCUT2D eigenvalue weighted by Gasteiger charge is 2.81. The first-order chi connectivity index (χ1) is 19.5. The summed E-state index contributed by atoms with van der Waals surface area (Å²) in [6, 6.07) is 0. The molecule has 2 fully saturated rings. The fraction of sp³-hybridized carbons (Fsp3) is 0.485. The van der Waals surface area contributed by atoms with Crippen LogP contribution in [0.4, 0.5) is 0 Å². The lowest BCUT2D eigenvalue weighted by atomic mass is 9.51. The number of aliphatic hydroxyl groups excluding tert-OH is 1. The minimum Gasteiger partial charge on any atom is -0.506 e. The molecule has 222 valence electrons. The van der Waals surface area contributed by atoms with Crippen molar-refractivity contribution in [1.29, 1.82) is 0 Å². The number of aliphatic hydroxyl groups is 1. The van der Waals surface area contributed by atoms with Crippen LogP contribution in [-0.2, 0) is 20.7 Å². The molecule has 1 spiro atoms. The maximum Gasteiger partial charge on any atom is 0.330 e. The molecule has 1 aromatic carbocycles. The van der Waals surface area contributed by atoms with Crippen molar-refractivity contribution in [2.45, 2.75) is 89.3 Å². The molecule has 3 heterocycles. The van der Waals surface area contributed by atoms with Crippen LogP contribution >= 0.6 is 0 Å². The van der Waals surface area contributed by atoms with Crippen molar-refractivity contribution in [1.82, 2.24) is 0 Å². The molecule has 1 aromatic rings. The highest BCUT2D eigenvalue weighted by Crippen LogP contribution is 2.68. The standard InChI is InChI=1S/C33H36O9/c1-15(2)21(34)14-19-26-18(9-10-30(4,5)40-26)24(35)23-25(36)20-12-17-13-22-31(6,7)42-32(28(17)37,11-8-16(3)29(38)39)33(20,22)41-27(19)23/h8-10,12,17,21-22,34-35H,1,11,13-14H2,2-7H3,(H,38,39)/b16-8-/t17-,21?,22-,32+,33-/m0/s1. The van der Waals surface area contributed by atoms with Crippen LogP contribution < -0.4 is 9.47 Å². The molecule has 1 unspecified atom stereocenters. The summed E-state index contributed by atoms with van der Waals surface area (Å²) in [6.45, 7) is 14.4. The number of aromatic hydroxyl groups is 1. The van der Waals surface area contributed by atoms with Gasteiger partial charge < -0.3 is 29.5 Å². The number of carboxylic acid groups (broad SMARTS) is 1. The van der Waals surface area contributed by atoms with Crippen LogP contribution in [0.15, 0.2) is 41.5 Å². The summed E-state index contributed by atoms with van der Waals surface area (Å²) in [5.74, 6) is -2.98. The van der Waals surface area contributed by atoms with Crippen LogP contribution in [0.2, 0.25) is 0 Å². The third-order valence-corrected chi connectivity index (χ3v) is 9.62. The normalized spacial score (nSPS) is 31.8. The molecule has 9 nitrogen and oxygen atoms in total. The molecule has 0 aromatic heterocycles. The Balaban J connectivity index is 1.65. The van der Waals surface area contributed by atoms with E-state index in [4.69, 9.17) is 14.2 Å². The molecule has 5 atom stereocenters. The third-order valence-electron chi connectivity index (χ3n) is 9.62. The minimum atomic E-state index is -1.69. The van der Waals surface area contributed by atoms with Crippen LogP contribution in [-0.4, -0.2) is 61.4 Å².